The molecule has 0 spiro atoms. The zero-order chi connectivity index (χ0) is 14.9. The van der Waals surface area contributed by atoms with Crippen molar-refractivity contribution in [3.63, 3.8) is 0 Å². The van der Waals surface area contributed by atoms with Gasteiger partial charge in [0, 0.05) is 16.2 Å². The third kappa shape index (κ3) is 2.68. The van der Waals surface area contributed by atoms with E-state index in [2.05, 4.69) is 21.2 Å². The molecule has 1 aromatic rings. The first-order valence-electron chi connectivity index (χ1n) is 6.26. The molecule has 5 nitrogen and oxygen atoms in total. The number of hydrogen-bond donors (Lipinski definition) is 1. The number of likely N-dealkylation sites (tertiary alicyclic amines) is 1. The molecule has 1 aliphatic heterocycles. The fourth-order valence-corrected chi connectivity index (χ4v) is 2.69. The van der Waals surface area contributed by atoms with Crippen molar-refractivity contribution in [3.8, 4) is 6.07 Å². The Bertz CT molecular complexity index is 607. The normalized spacial score (nSPS) is 18.6. The minimum atomic E-state index is -0.547. The van der Waals surface area contributed by atoms with Gasteiger partial charge in [-0.25, -0.2) is 0 Å². The molecule has 1 saturated heterocycles. The lowest BCUT2D eigenvalue weighted by atomic mass is 10.2. The quantitative estimate of drug-likeness (QED) is 0.860. The Morgan fingerprint density at radius 2 is 2.15 bits per heavy atom. The predicted molar refractivity (Wildman–Crippen MR) is 77.9 cm³/mol. The van der Waals surface area contributed by atoms with Crippen LogP contribution < -0.4 is 5.32 Å². The number of nitriles is 1. The smallest absolute Gasteiger partial charge is 0.252 e. The van der Waals surface area contributed by atoms with Crippen LogP contribution in [0.2, 0.25) is 0 Å². The third-order valence-corrected chi connectivity index (χ3v) is 3.78. The Balaban J connectivity index is 2.18. The standard InChI is InChI=1S/C14H14BrN3O2/c1-8(2)18-13(19)6-12(14(18)20)17-11-4-3-9(7-16)5-10(11)15/h3-5,8,12,17H,6H2,1-2H3. The van der Waals surface area contributed by atoms with Crippen LogP contribution in [-0.2, 0) is 9.59 Å². The number of carbonyl (C=O) groups is 2. The topological polar surface area (TPSA) is 73.2 Å². The van der Waals surface area contributed by atoms with Crippen molar-refractivity contribution in [2.75, 3.05) is 5.32 Å². The lowest BCUT2D eigenvalue weighted by Crippen LogP contribution is -2.39. The Labute approximate surface area is 125 Å². The van der Waals surface area contributed by atoms with Crippen LogP contribution in [0.4, 0.5) is 5.69 Å². The van der Waals surface area contributed by atoms with Crippen molar-refractivity contribution >= 4 is 33.4 Å². The number of nitrogens with zero attached hydrogens (tertiary/aromatic N) is 2. The van der Waals surface area contributed by atoms with Crippen molar-refractivity contribution in [2.45, 2.75) is 32.4 Å². The number of carbonyl (C=O) groups excluding carboxylic acids is 2. The molecule has 1 N–H and O–H groups in total. The number of imide groups is 1. The minimum absolute atomic E-state index is 0.133. The molecule has 1 unspecified atom stereocenters. The van der Waals surface area contributed by atoms with Crippen molar-refractivity contribution in [3.05, 3.63) is 28.2 Å². The van der Waals surface area contributed by atoms with Gasteiger partial charge in [-0.05, 0) is 48.0 Å². The van der Waals surface area contributed by atoms with E-state index in [0.29, 0.717) is 15.7 Å². The van der Waals surface area contributed by atoms with Crippen LogP contribution in [0.25, 0.3) is 0 Å². The van der Waals surface area contributed by atoms with E-state index in [4.69, 9.17) is 5.26 Å². The molecule has 104 valence electrons. The highest BCUT2D eigenvalue weighted by molar-refractivity contribution is 9.10. The molecule has 0 aliphatic carbocycles. The molecule has 1 aliphatic rings. The SMILES string of the molecule is CC(C)N1C(=O)CC(Nc2ccc(C#N)cc2Br)C1=O. The second-order valence-electron chi connectivity index (χ2n) is 4.90. The van der Waals surface area contributed by atoms with E-state index >= 15 is 0 Å². The molecular formula is C14H14BrN3O2. The molecule has 1 fully saturated rings. The molecule has 20 heavy (non-hydrogen) atoms. The molecule has 1 atom stereocenters. The van der Waals surface area contributed by atoms with E-state index in [1.54, 1.807) is 18.2 Å². The molecule has 0 radical (unpaired) electrons. The van der Waals surface area contributed by atoms with Crippen LogP contribution in [0.1, 0.15) is 25.8 Å². The summed E-state index contributed by atoms with van der Waals surface area (Å²) in [7, 11) is 0. The highest BCUT2D eigenvalue weighted by atomic mass is 79.9. The highest BCUT2D eigenvalue weighted by Crippen LogP contribution is 2.27. The average Bonchev–Trinajstić information content (AvgIpc) is 2.66. The first-order chi connectivity index (χ1) is 9.43. The molecular weight excluding hydrogens is 322 g/mol. The number of halogens is 1. The zero-order valence-electron chi connectivity index (χ0n) is 11.2. The summed E-state index contributed by atoms with van der Waals surface area (Å²) in [5.74, 6) is -0.367. The van der Waals surface area contributed by atoms with Crippen LogP contribution in [0, 0.1) is 11.3 Å². The Morgan fingerprint density at radius 3 is 2.65 bits per heavy atom. The van der Waals surface area contributed by atoms with Gasteiger partial charge < -0.3 is 5.32 Å². The van der Waals surface area contributed by atoms with Crippen LogP contribution >= 0.6 is 15.9 Å². The monoisotopic (exact) mass is 335 g/mol. The highest BCUT2D eigenvalue weighted by Gasteiger charge is 2.39. The van der Waals surface area contributed by atoms with Gasteiger partial charge in [-0.3, -0.25) is 14.5 Å². The fraction of sp³-hybridized carbons (Fsp3) is 0.357. The molecule has 1 aromatic carbocycles. The zero-order valence-corrected chi connectivity index (χ0v) is 12.8. The van der Waals surface area contributed by atoms with Crippen molar-refractivity contribution < 1.29 is 9.59 Å². The Kier molecular flexibility index (Phi) is 4.09. The lowest BCUT2D eigenvalue weighted by Gasteiger charge is -2.19. The van der Waals surface area contributed by atoms with E-state index in [1.807, 2.05) is 19.9 Å². The van der Waals surface area contributed by atoms with Gasteiger partial charge in [0.15, 0.2) is 0 Å². The summed E-state index contributed by atoms with van der Waals surface area (Å²) in [6.07, 6.45) is 0.156. The van der Waals surface area contributed by atoms with E-state index in [-0.39, 0.29) is 24.3 Å². The summed E-state index contributed by atoms with van der Waals surface area (Å²) < 4.78 is 0.694. The van der Waals surface area contributed by atoms with E-state index in [1.165, 1.54) is 4.90 Å². The third-order valence-electron chi connectivity index (χ3n) is 3.13. The maximum Gasteiger partial charge on any atom is 0.252 e. The molecule has 2 amide bonds. The van der Waals surface area contributed by atoms with Gasteiger partial charge in [0.05, 0.1) is 18.1 Å². The molecule has 1 heterocycles. The van der Waals surface area contributed by atoms with Gasteiger partial charge in [-0.2, -0.15) is 5.26 Å². The number of rotatable bonds is 3. The number of hydrogen-bond acceptors (Lipinski definition) is 4. The van der Waals surface area contributed by atoms with Gasteiger partial charge in [0.1, 0.15) is 6.04 Å². The maximum absolute atomic E-state index is 12.2. The van der Waals surface area contributed by atoms with Gasteiger partial charge >= 0.3 is 0 Å². The number of benzene rings is 1. The number of nitrogens with one attached hydrogen (secondary N) is 1. The number of anilines is 1. The second-order valence-corrected chi connectivity index (χ2v) is 5.76. The molecule has 0 aromatic heterocycles. The lowest BCUT2D eigenvalue weighted by molar-refractivity contribution is -0.140. The van der Waals surface area contributed by atoms with Gasteiger partial charge in [0.25, 0.3) is 5.91 Å². The maximum atomic E-state index is 12.2. The van der Waals surface area contributed by atoms with Gasteiger partial charge in [-0.15, -0.1) is 0 Å². The van der Waals surface area contributed by atoms with Crippen molar-refractivity contribution in [2.24, 2.45) is 0 Å². The minimum Gasteiger partial charge on any atom is -0.372 e. The van der Waals surface area contributed by atoms with Gasteiger partial charge in [0.2, 0.25) is 5.91 Å². The largest absolute Gasteiger partial charge is 0.372 e. The summed E-state index contributed by atoms with van der Waals surface area (Å²) in [5.41, 5.74) is 1.22. The van der Waals surface area contributed by atoms with E-state index < -0.39 is 6.04 Å². The summed E-state index contributed by atoms with van der Waals surface area (Å²) in [5, 5.41) is 11.9. The van der Waals surface area contributed by atoms with Crippen LogP contribution in [-0.4, -0.2) is 28.8 Å². The van der Waals surface area contributed by atoms with Crippen LogP contribution in [0.5, 0.6) is 0 Å². The Morgan fingerprint density at radius 1 is 1.45 bits per heavy atom. The second kappa shape index (κ2) is 5.63. The van der Waals surface area contributed by atoms with Gasteiger partial charge in [-0.1, -0.05) is 0 Å². The molecule has 0 saturated carbocycles. The van der Waals surface area contributed by atoms with Crippen molar-refractivity contribution in [1.29, 1.82) is 5.26 Å². The first-order valence-corrected chi connectivity index (χ1v) is 7.05. The summed E-state index contributed by atoms with van der Waals surface area (Å²) >= 11 is 3.35. The summed E-state index contributed by atoms with van der Waals surface area (Å²) in [4.78, 5) is 25.3. The fourth-order valence-electron chi connectivity index (χ4n) is 2.20. The average molecular weight is 336 g/mol. The number of amides is 2. The first kappa shape index (κ1) is 14.5. The Hall–Kier alpha value is -1.87. The van der Waals surface area contributed by atoms with E-state index in [0.717, 1.165) is 0 Å². The summed E-state index contributed by atoms with van der Waals surface area (Å²) in [6.45, 7) is 3.63. The van der Waals surface area contributed by atoms with Crippen molar-refractivity contribution in [1.82, 2.24) is 4.90 Å². The molecule has 0 bridgehead atoms. The van der Waals surface area contributed by atoms with Crippen LogP contribution in [0.3, 0.4) is 0 Å². The van der Waals surface area contributed by atoms with E-state index in [9.17, 15) is 9.59 Å². The predicted octanol–water partition coefficient (Wildman–Crippen LogP) is 2.27. The molecule has 6 heteroatoms. The molecule has 2 rings (SSSR count). The summed E-state index contributed by atoms with van der Waals surface area (Å²) in [6, 6.07) is 6.41. The van der Waals surface area contributed by atoms with Crippen LogP contribution in [0.15, 0.2) is 22.7 Å².